The Morgan fingerprint density at radius 1 is 1.26 bits per heavy atom. The Morgan fingerprint density at radius 3 is 2.89 bits per heavy atom. The van der Waals surface area contributed by atoms with Crippen LogP contribution >= 0.6 is 0 Å². The molecule has 1 heterocycles. The van der Waals surface area contributed by atoms with E-state index in [0.29, 0.717) is 6.10 Å². The molecule has 0 aromatic heterocycles. The fourth-order valence-electron chi connectivity index (χ4n) is 3.01. The van der Waals surface area contributed by atoms with Crippen LogP contribution in [0.25, 0.3) is 0 Å². The van der Waals surface area contributed by atoms with Crippen molar-refractivity contribution in [2.45, 2.75) is 63.1 Å². The van der Waals surface area contributed by atoms with Crippen LogP contribution in [0.15, 0.2) is 24.3 Å². The first-order valence-corrected chi connectivity index (χ1v) is 7.72. The molecule has 104 valence electrons. The number of aliphatic hydroxyl groups excluding tert-OH is 1. The number of rotatable bonds is 6. The average Bonchev–Trinajstić information content (AvgIpc) is 3.17. The Kier molecular flexibility index (Phi) is 4.19. The molecule has 0 bridgehead atoms. The second-order valence-corrected chi connectivity index (χ2v) is 6.03. The second kappa shape index (κ2) is 6.06. The van der Waals surface area contributed by atoms with Gasteiger partial charge in [-0.15, -0.1) is 0 Å². The van der Waals surface area contributed by atoms with E-state index in [1.807, 2.05) is 0 Å². The molecule has 2 fully saturated rings. The standard InChI is InChI=1S/C17H24O2/c18-17(8-2-6-16-7-3-11-19-16)15-5-1-4-14(12-15)13-9-10-13/h1,4-5,12-13,16-18H,2-3,6-11H2. The Bertz CT molecular complexity index is 405. The molecule has 0 radical (unpaired) electrons. The van der Waals surface area contributed by atoms with Crippen LogP contribution in [0, 0.1) is 0 Å². The van der Waals surface area contributed by atoms with E-state index >= 15 is 0 Å². The number of aliphatic hydroxyl groups is 1. The van der Waals surface area contributed by atoms with Crippen LogP contribution in [-0.4, -0.2) is 17.8 Å². The molecule has 1 saturated heterocycles. The SMILES string of the molecule is OC(CCCC1CCCO1)c1cccc(C2CC2)c1. The van der Waals surface area contributed by atoms with Crippen molar-refractivity contribution in [2.24, 2.45) is 0 Å². The van der Waals surface area contributed by atoms with Gasteiger partial charge in [0.25, 0.3) is 0 Å². The van der Waals surface area contributed by atoms with E-state index in [0.717, 1.165) is 37.4 Å². The van der Waals surface area contributed by atoms with Crippen LogP contribution in [0.4, 0.5) is 0 Å². The molecule has 2 unspecified atom stereocenters. The molecule has 1 aliphatic carbocycles. The summed E-state index contributed by atoms with van der Waals surface area (Å²) in [5.41, 5.74) is 2.51. The highest BCUT2D eigenvalue weighted by molar-refractivity contribution is 5.30. The molecule has 0 spiro atoms. The second-order valence-electron chi connectivity index (χ2n) is 6.03. The van der Waals surface area contributed by atoms with Gasteiger partial charge in [0.2, 0.25) is 0 Å². The molecule has 1 aromatic rings. The highest BCUT2D eigenvalue weighted by Gasteiger charge is 2.24. The minimum atomic E-state index is -0.305. The summed E-state index contributed by atoms with van der Waals surface area (Å²) in [5.74, 6) is 0.763. The van der Waals surface area contributed by atoms with Crippen LogP contribution in [0.1, 0.15) is 68.1 Å². The summed E-state index contributed by atoms with van der Waals surface area (Å²) in [6, 6.07) is 8.55. The van der Waals surface area contributed by atoms with Gasteiger partial charge in [0.1, 0.15) is 0 Å². The minimum Gasteiger partial charge on any atom is -0.388 e. The zero-order valence-electron chi connectivity index (χ0n) is 11.6. The topological polar surface area (TPSA) is 29.5 Å². The predicted molar refractivity (Wildman–Crippen MR) is 76.2 cm³/mol. The molecular formula is C17H24O2. The van der Waals surface area contributed by atoms with Crippen molar-refractivity contribution in [2.75, 3.05) is 6.61 Å². The summed E-state index contributed by atoms with van der Waals surface area (Å²) in [4.78, 5) is 0. The first-order chi connectivity index (χ1) is 9.33. The normalized spacial score (nSPS) is 24.6. The van der Waals surface area contributed by atoms with Crippen LogP contribution < -0.4 is 0 Å². The van der Waals surface area contributed by atoms with Crippen LogP contribution in [0.5, 0.6) is 0 Å². The van der Waals surface area contributed by atoms with Crippen molar-refractivity contribution in [3.63, 3.8) is 0 Å². The predicted octanol–water partition coefficient (Wildman–Crippen LogP) is 3.95. The lowest BCUT2D eigenvalue weighted by molar-refractivity contribution is 0.0944. The quantitative estimate of drug-likeness (QED) is 0.839. The Balaban J connectivity index is 1.48. The van der Waals surface area contributed by atoms with Gasteiger partial charge in [0.15, 0.2) is 0 Å². The molecule has 2 nitrogen and oxygen atoms in total. The monoisotopic (exact) mass is 260 g/mol. The van der Waals surface area contributed by atoms with Gasteiger partial charge in [-0.1, -0.05) is 24.3 Å². The molecule has 2 heteroatoms. The van der Waals surface area contributed by atoms with Crippen molar-refractivity contribution < 1.29 is 9.84 Å². The van der Waals surface area contributed by atoms with Crippen LogP contribution in [0.2, 0.25) is 0 Å². The fraction of sp³-hybridized carbons (Fsp3) is 0.647. The minimum absolute atomic E-state index is 0.305. The molecule has 1 N–H and O–H groups in total. The summed E-state index contributed by atoms with van der Waals surface area (Å²) in [6.45, 7) is 0.927. The smallest absolute Gasteiger partial charge is 0.0790 e. The molecule has 1 aliphatic heterocycles. The largest absolute Gasteiger partial charge is 0.388 e. The van der Waals surface area contributed by atoms with Gasteiger partial charge in [0.05, 0.1) is 12.2 Å². The van der Waals surface area contributed by atoms with E-state index in [4.69, 9.17) is 4.74 Å². The molecule has 1 aromatic carbocycles. The third-order valence-electron chi connectivity index (χ3n) is 4.37. The Hall–Kier alpha value is -0.860. The van der Waals surface area contributed by atoms with Crippen molar-refractivity contribution in [3.05, 3.63) is 35.4 Å². The molecule has 0 amide bonds. The molecule has 2 atom stereocenters. The highest BCUT2D eigenvalue weighted by Crippen LogP contribution is 2.40. The third kappa shape index (κ3) is 3.58. The molecular weight excluding hydrogens is 236 g/mol. The van der Waals surface area contributed by atoms with Gasteiger partial charge >= 0.3 is 0 Å². The molecule has 1 saturated carbocycles. The summed E-state index contributed by atoms with van der Waals surface area (Å²) in [5, 5.41) is 10.3. The van der Waals surface area contributed by atoms with Crippen molar-refractivity contribution in [1.29, 1.82) is 0 Å². The number of ether oxygens (including phenoxy) is 1. The van der Waals surface area contributed by atoms with E-state index in [1.54, 1.807) is 0 Å². The van der Waals surface area contributed by atoms with E-state index in [2.05, 4.69) is 24.3 Å². The summed E-state index contributed by atoms with van der Waals surface area (Å²) < 4.78 is 5.62. The fourth-order valence-corrected chi connectivity index (χ4v) is 3.01. The van der Waals surface area contributed by atoms with E-state index in [9.17, 15) is 5.11 Å². The van der Waals surface area contributed by atoms with Gasteiger partial charge in [-0.25, -0.2) is 0 Å². The highest BCUT2D eigenvalue weighted by atomic mass is 16.5. The number of hydrogen-bond acceptors (Lipinski definition) is 2. The maximum absolute atomic E-state index is 10.3. The van der Waals surface area contributed by atoms with Gasteiger partial charge < -0.3 is 9.84 Å². The van der Waals surface area contributed by atoms with Gasteiger partial charge in [0, 0.05) is 6.61 Å². The van der Waals surface area contributed by atoms with Crippen LogP contribution in [-0.2, 0) is 4.74 Å². The molecule has 19 heavy (non-hydrogen) atoms. The van der Waals surface area contributed by atoms with Crippen molar-refractivity contribution in [3.8, 4) is 0 Å². The van der Waals surface area contributed by atoms with Gasteiger partial charge in [-0.2, -0.15) is 0 Å². The van der Waals surface area contributed by atoms with E-state index in [1.165, 1.54) is 31.2 Å². The van der Waals surface area contributed by atoms with Gasteiger partial charge in [-0.3, -0.25) is 0 Å². The maximum Gasteiger partial charge on any atom is 0.0790 e. The van der Waals surface area contributed by atoms with E-state index in [-0.39, 0.29) is 6.10 Å². The Labute approximate surface area is 115 Å². The molecule has 2 aliphatic rings. The lowest BCUT2D eigenvalue weighted by atomic mass is 9.99. The van der Waals surface area contributed by atoms with E-state index < -0.39 is 0 Å². The summed E-state index contributed by atoms with van der Waals surface area (Å²) in [6.07, 6.45) is 8.19. The third-order valence-corrected chi connectivity index (χ3v) is 4.37. The van der Waals surface area contributed by atoms with Crippen LogP contribution in [0.3, 0.4) is 0 Å². The lowest BCUT2D eigenvalue weighted by Crippen LogP contribution is -2.06. The zero-order valence-corrected chi connectivity index (χ0v) is 11.6. The van der Waals surface area contributed by atoms with Gasteiger partial charge in [-0.05, 0) is 62.0 Å². The van der Waals surface area contributed by atoms with Crippen molar-refractivity contribution in [1.82, 2.24) is 0 Å². The summed E-state index contributed by atoms with van der Waals surface area (Å²) in [7, 11) is 0. The van der Waals surface area contributed by atoms with Crippen molar-refractivity contribution >= 4 is 0 Å². The maximum atomic E-state index is 10.3. The number of benzene rings is 1. The first-order valence-electron chi connectivity index (χ1n) is 7.72. The average molecular weight is 260 g/mol. The Morgan fingerprint density at radius 2 is 2.16 bits per heavy atom. The lowest BCUT2D eigenvalue weighted by Gasteiger charge is -2.14. The summed E-state index contributed by atoms with van der Waals surface area (Å²) >= 11 is 0. The zero-order chi connectivity index (χ0) is 13.1. The first kappa shape index (κ1) is 13.1. The molecule has 3 rings (SSSR count). The number of hydrogen-bond donors (Lipinski definition) is 1.